The summed E-state index contributed by atoms with van der Waals surface area (Å²) >= 11 is 0. The smallest absolute Gasteiger partial charge is 0.163 e. The summed E-state index contributed by atoms with van der Waals surface area (Å²) in [6.45, 7) is 4.04. The number of carbonyl (C=O) groups is 1. The Morgan fingerprint density at radius 2 is 1.61 bits per heavy atom. The highest BCUT2D eigenvalue weighted by atomic mass is 16.1. The summed E-state index contributed by atoms with van der Waals surface area (Å²) < 4.78 is 0. The van der Waals surface area contributed by atoms with Gasteiger partial charge in [-0.2, -0.15) is 0 Å². The normalized spacial score (nSPS) is 10.3. The molecular formula is C17H18O. The molecule has 0 spiro atoms. The van der Waals surface area contributed by atoms with E-state index in [9.17, 15) is 4.79 Å². The van der Waals surface area contributed by atoms with Gasteiger partial charge in [-0.25, -0.2) is 0 Å². The van der Waals surface area contributed by atoms with Crippen LogP contribution < -0.4 is 0 Å². The van der Waals surface area contributed by atoms with Crippen molar-refractivity contribution in [2.45, 2.75) is 26.7 Å². The summed E-state index contributed by atoms with van der Waals surface area (Å²) in [7, 11) is 0. The number of benzene rings is 2. The summed E-state index contributed by atoms with van der Waals surface area (Å²) in [4.78, 5) is 11.9. The molecule has 2 aromatic carbocycles. The van der Waals surface area contributed by atoms with Crippen molar-refractivity contribution >= 4 is 5.78 Å². The van der Waals surface area contributed by atoms with Crippen LogP contribution in [0, 0.1) is 0 Å². The molecule has 0 radical (unpaired) electrons. The molecule has 18 heavy (non-hydrogen) atoms. The molecule has 0 N–H and O–H groups in total. The molecule has 0 heterocycles. The zero-order chi connectivity index (χ0) is 13.0. The first-order chi connectivity index (χ1) is 8.76. The fraction of sp³-hybridized carbons (Fsp3) is 0.235. The lowest BCUT2D eigenvalue weighted by Gasteiger charge is -2.08. The predicted molar refractivity (Wildman–Crippen MR) is 75.9 cm³/mol. The van der Waals surface area contributed by atoms with Crippen LogP contribution >= 0.6 is 0 Å². The van der Waals surface area contributed by atoms with Crippen LogP contribution in [0.25, 0.3) is 11.1 Å². The standard InChI is InChI=1S/C17H18O/c1-3-13-9-11-14(12-10-13)15-7-5-6-8-16(15)17(18)4-2/h5-12H,3-4H2,1-2H3. The van der Waals surface area contributed by atoms with Gasteiger partial charge in [-0.3, -0.25) is 4.79 Å². The Hall–Kier alpha value is -1.89. The minimum Gasteiger partial charge on any atom is -0.294 e. The summed E-state index contributed by atoms with van der Waals surface area (Å²) in [5.74, 6) is 0.199. The fourth-order valence-electron chi connectivity index (χ4n) is 2.09. The first kappa shape index (κ1) is 12.6. The van der Waals surface area contributed by atoms with Gasteiger partial charge in [-0.15, -0.1) is 0 Å². The van der Waals surface area contributed by atoms with E-state index in [2.05, 4.69) is 31.2 Å². The Kier molecular flexibility index (Phi) is 3.93. The fourth-order valence-corrected chi connectivity index (χ4v) is 2.09. The van der Waals surface area contributed by atoms with E-state index in [4.69, 9.17) is 0 Å². The van der Waals surface area contributed by atoms with Gasteiger partial charge in [0.25, 0.3) is 0 Å². The quantitative estimate of drug-likeness (QED) is 0.716. The van der Waals surface area contributed by atoms with E-state index in [-0.39, 0.29) is 5.78 Å². The van der Waals surface area contributed by atoms with Gasteiger partial charge in [-0.05, 0) is 23.1 Å². The molecule has 0 unspecified atom stereocenters. The van der Waals surface area contributed by atoms with E-state index in [1.807, 2.05) is 31.2 Å². The van der Waals surface area contributed by atoms with Gasteiger partial charge < -0.3 is 0 Å². The molecule has 0 fully saturated rings. The van der Waals surface area contributed by atoms with Crippen molar-refractivity contribution in [3.63, 3.8) is 0 Å². The summed E-state index contributed by atoms with van der Waals surface area (Å²) in [6.07, 6.45) is 1.58. The number of aryl methyl sites for hydroxylation is 1. The van der Waals surface area contributed by atoms with Crippen LogP contribution in [0.2, 0.25) is 0 Å². The van der Waals surface area contributed by atoms with E-state index in [0.717, 1.165) is 23.1 Å². The molecule has 1 heteroatoms. The second kappa shape index (κ2) is 5.63. The van der Waals surface area contributed by atoms with Gasteiger partial charge in [0.05, 0.1) is 0 Å². The van der Waals surface area contributed by atoms with E-state index in [1.54, 1.807) is 0 Å². The van der Waals surface area contributed by atoms with Crippen molar-refractivity contribution in [1.82, 2.24) is 0 Å². The van der Waals surface area contributed by atoms with E-state index >= 15 is 0 Å². The topological polar surface area (TPSA) is 17.1 Å². The Balaban J connectivity index is 2.46. The average Bonchev–Trinajstić information content (AvgIpc) is 2.46. The number of hydrogen-bond acceptors (Lipinski definition) is 1. The molecule has 2 aromatic rings. The molecule has 0 atom stereocenters. The Morgan fingerprint density at radius 1 is 0.944 bits per heavy atom. The molecule has 0 saturated heterocycles. The van der Waals surface area contributed by atoms with E-state index in [0.29, 0.717) is 6.42 Å². The largest absolute Gasteiger partial charge is 0.294 e. The van der Waals surface area contributed by atoms with Gasteiger partial charge in [0, 0.05) is 12.0 Å². The van der Waals surface area contributed by atoms with Gasteiger partial charge in [0.15, 0.2) is 5.78 Å². The van der Waals surface area contributed by atoms with Crippen LogP contribution in [0.4, 0.5) is 0 Å². The van der Waals surface area contributed by atoms with Crippen molar-refractivity contribution in [2.75, 3.05) is 0 Å². The van der Waals surface area contributed by atoms with Gasteiger partial charge in [-0.1, -0.05) is 62.4 Å². The molecule has 0 amide bonds. The minimum atomic E-state index is 0.199. The maximum Gasteiger partial charge on any atom is 0.163 e. The Bertz CT molecular complexity index is 538. The molecule has 2 rings (SSSR count). The van der Waals surface area contributed by atoms with Crippen LogP contribution in [0.3, 0.4) is 0 Å². The van der Waals surface area contributed by atoms with E-state index in [1.165, 1.54) is 5.56 Å². The highest BCUT2D eigenvalue weighted by molar-refractivity contribution is 6.02. The average molecular weight is 238 g/mol. The van der Waals surface area contributed by atoms with Crippen LogP contribution in [0.5, 0.6) is 0 Å². The van der Waals surface area contributed by atoms with Crippen LogP contribution in [0.15, 0.2) is 48.5 Å². The Labute approximate surface area is 108 Å². The van der Waals surface area contributed by atoms with Crippen molar-refractivity contribution < 1.29 is 4.79 Å². The molecule has 0 bridgehead atoms. The minimum absolute atomic E-state index is 0.199. The SMILES string of the molecule is CCC(=O)c1ccccc1-c1ccc(CC)cc1. The summed E-state index contributed by atoms with van der Waals surface area (Å²) in [5, 5.41) is 0. The third-order valence-electron chi connectivity index (χ3n) is 3.22. The monoisotopic (exact) mass is 238 g/mol. The number of carbonyl (C=O) groups excluding carboxylic acids is 1. The molecule has 0 aromatic heterocycles. The first-order valence-electron chi connectivity index (χ1n) is 6.47. The zero-order valence-electron chi connectivity index (χ0n) is 10.9. The van der Waals surface area contributed by atoms with Crippen LogP contribution in [0.1, 0.15) is 36.2 Å². The summed E-state index contributed by atoms with van der Waals surface area (Å²) in [6, 6.07) is 16.3. The van der Waals surface area contributed by atoms with Crippen LogP contribution in [-0.4, -0.2) is 5.78 Å². The number of ketones is 1. The molecule has 1 nitrogen and oxygen atoms in total. The van der Waals surface area contributed by atoms with Crippen LogP contribution in [-0.2, 0) is 6.42 Å². The lowest BCUT2D eigenvalue weighted by molar-refractivity contribution is 0.0989. The Morgan fingerprint density at radius 3 is 2.22 bits per heavy atom. The number of hydrogen-bond donors (Lipinski definition) is 0. The van der Waals surface area contributed by atoms with Crippen molar-refractivity contribution in [1.29, 1.82) is 0 Å². The third-order valence-corrected chi connectivity index (χ3v) is 3.22. The third kappa shape index (κ3) is 2.51. The lowest BCUT2D eigenvalue weighted by Crippen LogP contribution is -1.99. The van der Waals surface area contributed by atoms with Gasteiger partial charge in [0.2, 0.25) is 0 Å². The predicted octanol–water partition coefficient (Wildman–Crippen LogP) is 4.51. The lowest BCUT2D eigenvalue weighted by atomic mass is 9.95. The number of Topliss-reactive ketones (excluding diaryl/α,β-unsaturated/α-hetero) is 1. The highest BCUT2D eigenvalue weighted by Gasteiger charge is 2.10. The molecular weight excluding hydrogens is 220 g/mol. The molecule has 0 aliphatic heterocycles. The zero-order valence-corrected chi connectivity index (χ0v) is 10.9. The van der Waals surface area contributed by atoms with Crippen molar-refractivity contribution in [2.24, 2.45) is 0 Å². The van der Waals surface area contributed by atoms with E-state index < -0.39 is 0 Å². The molecule has 92 valence electrons. The maximum atomic E-state index is 11.9. The highest BCUT2D eigenvalue weighted by Crippen LogP contribution is 2.25. The van der Waals surface area contributed by atoms with Gasteiger partial charge in [0.1, 0.15) is 0 Å². The molecule has 0 aliphatic carbocycles. The first-order valence-corrected chi connectivity index (χ1v) is 6.47. The maximum absolute atomic E-state index is 11.9. The van der Waals surface area contributed by atoms with Crippen molar-refractivity contribution in [3.8, 4) is 11.1 Å². The number of rotatable bonds is 4. The summed E-state index contributed by atoms with van der Waals surface area (Å²) in [5.41, 5.74) is 4.29. The second-order valence-electron chi connectivity index (χ2n) is 4.37. The van der Waals surface area contributed by atoms with Gasteiger partial charge >= 0.3 is 0 Å². The molecule has 0 saturated carbocycles. The molecule has 0 aliphatic rings. The second-order valence-corrected chi connectivity index (χ2v) is 4.37. The van der Waals surface area contributed by atoms with Crippen molar-refractivity contribution in [3.05, 3.63) is 59.7 Å².